The van der Waals surface area contributed by atoms with Gasteiger partial charge in [-0.15, -0.1) is 37.2 Å². The third kappa shape index (κ3) is 10.1. The highest BCUT2D eigenvalue weighted by Crippen LogP contribution is 2.29. The minimum atomic E-state index is -0.641. The van der Waals surface area contributed by atoms with Gasteiger partial charge in [0.15, 0.2) is 0 Å². The van der Waals surface area contributed by atoms with Crippen LogP contribution in [0, 0.1) is 5.82 Å². The second-order valence-corrected chi connectivity index (χ2v) is 9.56. The molecule has 0 bridgehead atoms. The van der Waals surface area contributed by atoms with Crippen molar-refractivity contribution in [3.8, 4) is 5.75 Å². The molecule has 3 aromatic rings. The van der Waals surface area contributed by atoms with E-state index in [1.807, 2.05) is 12.1 Å². The quantitative estimate of drug-likeness (QED) is 0.279. The lowest BCUT2D eigenvalue weighted by molar-refractivity contribution is 0.101. The number of carbonyl (C=O) groups is 2. The normalized spacial score (nSPS) is 13.0. The molecule has 14 heteroatoms. The Labute approximate surface area is 268 Å². The van der Waals surface area contributed by atoms with E-state index in [4.69, 9.17) is 21.1 Å². The zero-order valence-electron chi connectivity index (χ0n) is 23.1. The summed E-state index contributed by atoms with van der Waals surface area (Å²) in [6.07, 6.45) is 2.41. The summed E-state index contributed by atoms with van der Waals surface area (Å²) >= 11 is 5.85. The second kappa shape index (κ2) is 17.9. The number of methoxy groups -OCH3 is 1. The predicted molar refractivity (Wildman–Crippen MR) is 171 cm³/mol. The molecule has 4 rings (SSSR count). The molecule has 0 atom stereocenters. The Morgan fingerprint density at radius 3 is 2.40 bits per heavy atom. The number of pyridine rings is 1. The van der Waals surface area contributed by atoms with Gasteiger partial charge in [-0.1, -0.05) is 11.6 Å². The maximum atomic E-state index is 14.1. The third-order valence-corrected chi connectivity index (χ3v) is 6.51. The molecule has 9 nitrogen and oxygen atoms in total. The number of hydrogen-bond acceptors (Lipinski definition) is 7. The first kappa shape index (κ1) is 37.2. The van der Waals surface area contributed by atoms with Crippen LogP contribution in [0.1, 0.15) is 27.1 Å². The third-order valence-electron chi connectivity index (χ3n) is 6.28. The molecule has 0 unspecified atom stereocenters. The number of carbonyl (C=O) groups excluding carboxylic acids is 2. The predicted octanol–water partition coefficient (Wildman–Crippen LogP) is 5.81. The molecule has 1 fully saturated rings. The lowest BCUT2D eigenvalue weighted by Gasteiger charge is -2.24. The number of likely N-dealkylation sites (N-methyl/N-ethyl adjacent to an activating group) is 1. The molecule has 230 valence electrons. The van der Waals surface area contributed by atoms with Crippen LogP contribution in [-0.2, 0) is 4.74 Å². The van der Waals surface area contributed by atoms with E-state index in [-0.39, 0.29) is 66.5 Å². The number of rotatable bonds is 9. The molecule has 1 aliphatic rings. The number of hydrogen-bond donors (Lipinski definition) is 2. The van der Waals surface area contributed by atoms with E-state index in [1.54, 1.807) is 19.2 Å². The van der Waals surface area contributed by atoms with E-state index >= 15 is 0 Å². The molecular weight excluding hydrogens is 631 g/mol. The first-order valence-corrected chi connectivity index (χ1v) is 12.9. The molecule has 1 aliphatic heterocycles. The van der Waals surface area contributed by atoms with Crippen molar-refractivity contribution in [3.63, 3.8) is 0 Å². The van der Waals surface area contributed by atoms with Crippen LogP contribution in [0.2, 0.25) is 5.02 Å². The molecule has 42 heavy (non-hydrogen) atoms. The number of benzene rings is 2. The molecular formula is C28H34Cl4FN5O4. The van der Waals surface area contributed by atoms with Crippen molar-refractivity contribution in [2.45, 2.75) is 6.42 Å². The van der Waals surface area contributed by atoms with Crippen molar-refractivity contribution in [1.29, 1.82) is 0 Å². The van der Waals surface area contributed by atoms with E-state index in [9.17, 15) is 14.0 Å². The van der Waals surface area contributed by atoms with E-state index in [0.717, 1.165) is 44.4 Å². The fourth-order valence-corrected chi connectivity index (χ4v) is 4.30. The average Bonchev–Trinajstić information content (AvgIpc) is 3.15. The van der Waals surface area contributed by atoms with Crippen molar-refractivity contribution >= 4 is 77.8 Å². The van der Waals surface area contributed by atoms with Gasteiger partial charge in [-0.25, -0.2) is 9.37 Å². The van der Waals surface area contributed by atoms with Gasteiger partial charge in [-0.2, -0.15) is 0 Å². The maximum absolute atomic E-state index is 14.1. The van der Waals surface area contributed by atoms with Crippen LogP contribution in [0.3, 0.4) is 0 Å². The zero-order valence-corrected chi connectivity index (χ0v) is 26.3. The number of aromatic nitrogens is 1. The van der Waals surface area contributed by atoms with Gasteiger partial charge in [0.1, 0.15) is 24.0 Å². The summed E-state index contributed by atoms with van der Waals surface area (Å²) in [7, 11) is 3.67. The van der Waals surface area contributed by atoms with Crippen molar-refractivity contribution < 1.29 is 23.5 Å². The molecule has 0 radical (unpaired) electrons. The molecule has 2 N–H and O–H groups in total. The average molecular weight is 665 g/mol. The van der Waals surface area contributed by atoms with Crippen LogP contribution < -0.4 is 20.3 Å². The van der Waals surface area contributed by atoms with E-state index in [1.165, 1.54) is 24.4 Å². The lowest BCUT2D eigenvalue weighted by Crippen LogP contribution is -2.28. The topological polar surface area (TPSA) is 96.0 Å². The number of nitrogens with one attached hydrogen (secondary N) is 2. The van der Waals surface area contributed by atoms with Gasteiger partial charge in [-0.05, 0) is 62.5 Å². The Bertz CT molecular complexity index is 1320. The number of amides is 2. The minimum Gasteiger partial charge on any atom is -0.490 e. The van der Waals surface area contributed by atoms with Gasteiger partial charge in [0.05, 0.1) is 28.4 Å². The highest BCUT2D eigenvalue weighted by molar-refractivity contribution is 6.30. The monoisotopic (exact) mass is 663 g/mol. The molecule has 1 saturated heterocycles. The summed E-state index contributed by atoms with van der Waals surface area (Å²) < 4.78 is 25.1. The minimum absolute atomic E-state index is 0. The maximum Gasteiger partial charge on any atom is 0.259 e. The van der Waals surface area contributed by atoms with Crippen molar-refractivity contribution in [2.24, 2.45) is 0 Å². The molecule has 2 heterocycles. The Hall–Kier alpha value is -2.86. The number of anilines is 3. The highest BCUT2D eigenvalue weighted by Gasteiger charge is 2.21. The summed E-state index contributed by atoms with van der Waals surface area (Å²) in [4.78, 5) is 35.0. The standard InChI is InChI=1S/C28H31ClFN5O4.3ClH/c1-34-10-3-11-35(13-12-34)21-6-7-22(25(17-21)39-15-14-38-2)27(36)32-24-8-5-20(30)16-23(24)28(37)33-26-9-4-19(29)18-31-26;;;/h4-9,16-18H,3,10-15H2,1-2H3,(H,32,36)(H,31,33,37);3*1H. The smallest absolute Gasteiger partial charge is 0.259 e. The van der Waals surface area contributed by atoms with E-state index in [0.29, 0.717) is 17.4 Å². The van der Waals surface area contributed by atoms with Gasteiger partial charge >= 0.3 is 0 Å². The van der Waals surface area contributed by atoms with Crippen LogP contribution in [0.15, 0.2) is 54.7 Å². The fourth-order valence-electron chi connectivity index (χ4n) is 4.19. The number of ether oxygens (including phenoxy) is 2. The summed E-state index contributed by atoms with van der Waals surface area (Å²) in [5.74, 6) is -1.15. The first-order chi connectivity index (χ1) is 18.8. The molecule has 0 aliphatic carbocycles. The summed E-state index contributed by atoms with van der Waals surface area (Å²) in [5, 5.41) is 5.73. The van der Waals surface area contributed by atoms with Gasteiger partial charge in [0.2, 0.25) is 0 Å². The van der Waals surface area contributed by atoms with Crippen molar-refractivity contribution in [2.75, 3.05) is 69.1 Å². The van der Waals surface area contributed by atoms with Gasteiger partial charge in [0, 0.05) is 44.7 Å². The van der Waals surface area contributed by atoms with Crippen molar-refractivity contribution in [1.82, 2.24) is 9.88 Å². The Balaban J connectivity index is 0.00000294. The lowest BCUT2D eigenvalue weighted by atomic mass is 10.1. The summed E-state index contributed by atoms with van der Waals surface area (Å²) in [5.41, 5.74) is 1.30. The first-order valence-electron chi connectivity index (χ1n) is 12.6. The molecule has 0 saturated carbocycles. The second-order valence-electron chi connectivity index (χ2n) is 9.13. The highest BCUT2D eigenvalue weighted by atomic mass is 35.5. The van der Waals surface area contributed by atoms with Crippen LogP contribution in [0.25, 0.3) is 0 Å². The Morgan fingerprint density at radius 1 is 0.929 bits per heavy atom. The van der Waals surface area contributed by atoms with E-state index < -0.39 is 17.6 Å². The summed E-state index contributed by atoms with van der Waals surface area (Å²) in [6.45, 7) is 4.31. The van der Waals surface area contributed by atoms with Crippen LogP contribution in [0.4, 0.5) is 21.6 Å². The molecule has 2 aromatic carbocycles. The Morgan fingerprint density at radius 2 is 1.69 bits per heavy atom. The summed E-state index contributed by atoms with van der Waals surface area (Å²) in [6, 6.07) is 12.1. The largest absolute Gasteiger partial charge is 0.490 e. The molecule has 2 amide bonds. The number of halogens is 5. The number of nitrogens with zero attached hydrogens (tertiary/aromatic N) is 3. The Kier molecular flexibility index (Phi) is 15.9. The van der Waals surface area contributed by atoms with E-state index in [2.05, 4.69) is 32.5 Å². The SMILES string of the molecule is COCCOc1cc(N2CCCN(C)CC2)ccc1C(=O)Nc1ccc(F)cc1C(=O)Nc1ccc(Cl)cn1.Cl.Cl.Cl. The van der Waals surface area contributed by atoms with Gasteiger partial charge in [-0.3, -0.25) is 9.59 Å². The van der Waals surface area contributed by atoms with Crippen molar-refractivity contribution in [3.05, 3.63) is 76.7 Å². The zero-order chi connectivity index (χ0) is 27.8. The van der Waals surface area contributed by atoms with Gasteiger partial charge < -0.3 is 29.9 Å². The van der Waals surface area contributed by atoms with Gasteiger partial charge in [0.25, 0.3) is 11.8 Å². The van der Waals surface area contributed by atoms with Crippen LogP contribution in [0.5, 0.6) is 5.75 Å². The van der Waals surface area contributed by atoms with Crippen LogP contribution >= 0.6 is 48.8 Å². The molecule has 1 aromatic heterocycles. The van der Waals surface area contributed by atoms with Crippen LogP contribution in [-0.4, -0.2) is 75.2 Å². The molecule has 0 spiro atoms. The fraction of sp³-hybridized carbons (Fsp3) is 0.321.